The first-order chi connectivity index (χ1) is 9.60. The van der Waals surface area contributed by atoms with Gasteiger partial charge in [-0.2, -0.15) is 0 Å². The molecule has 1 heterocycles. The minimum Gasteiger partial charge on any atom is -0.307 e. The van der Waals surface area contributed by atoms with E-state index in [4.69, 9.17) is 0 Å². The standard InChI is InChI=1S/C15H17BrFN3/c1-3-18-14(15-19-8-10(2)9-20-15)7-11-6-12(17)4-5-13(11)16/h4-6,8-9,14,18H,3,7H2,1-2H3. The van der Waals surface area contributed by atoms with E-state index in [1.165, 1.54) is 6.07 Å². The summed E-state index contributed by atoms with van der Waals surface area (Å²) >= 11 is 3.46. The van der Waals surface area contributed by atoms with Gasteiger partial charge in [-0.25, -0.2) is 14.4 Å². The zero-order valence-corrected chi connectivity index (χ0v) is 13.1. The highest BCUT2D eigenvalue weighted by Gasteiger charge is 2.16. The zero-order chi connectivity index (χ0) is 14.5. The maximum atomic E-state index is 13.4. The maximum absolute atomic E-state index is 13.4. The van der Waals surface area contributed by atoms with E-state index in [0.717, 1.165) is 28.0 Å². The second kappa shape index (κ2) is 6.90. The summed E-state index contributed by atoms with van der Waals surface area (Å²) in [5, 5.41) is 3.35. The molecule has 1 aromatic carbocycles. The lowest BCUT2D eigenvalue weighted by Gasteiger charge is -2.17. The van der Waals surface area contributed by atoms with E-state index in [2.05, 4.69) is 31.2 Å². The molecule has 2 rings (SSSR count). The van der Waals surface area contributed by atoms with Crippen LogP contribution in [0.3, 0.4) is 0 Å². The molecule has 0 radical (unpaired) electrons. The highest BCUT2D eigenvalue weighted by Crippen LogP contribution is 2.23. The quantitative estimate of drug-likeness (QED) is 0.906. The van der Waals surface area contributed by atoms with Crippen molar-refractivity contribution in [2.45, 2.75) is 26.3 Å². The maximum Gasteiger partial charge on any atom is 0.145 e. The molecule has 2 aromatic rings. The molecule has 0 bridgehead atoms. The Morgan fingerprint density at radius 3 is 2.65 bits per heavy atom. The molecule has 0 aliphatic heterocycles. The van der Waals surface area contributed by atoms with Crippen LogP contribution in [-0.4, -0.2) is 16.5 Å². The average molecular weight is 338 g/mol. The van der Waals surface area contributed by atoms with Gasteiger partial charge in [0.05, 0.1) is 6.04 Å². The van der Waals surface area contributed by atoms with Crippen molar-refractivity contribution in [1.29, 1.82) is 0 Å². The first-order valence-corrected chi connectivity index (χ1v) is 7.35. The van der Waals surface area contributed by atoms with Gasteiger partial charge in [0.25, 0.3) is 0 Å². The van der Waals surface area contributed by atoms with Crippen molar-refractivity contribution in [3.63, 3.8) is 0 Å². The van der Waals surface area contributed by atoms with Crippen molar-refractivity contribution in [2.75, 3.05) is 6.54 Å². The molecule has 5 heteroatoms. The molecule has 0 aliphatic carbocycles. The third kappa shape index (κ3) is 3.84. The summed E-state index contributed by atoms with van der Waals surface area (Å²) < 4.78 is 14.3. The summed E-state index contributed by atoms with van der Waals surface area (Å²) in [6.07, 6.45) is 4.23. The van der Waals surface area contributed by atoms with Crippen LogP contribution in [0.4, 0.5) is 4.39 Å². The van der Waals surface area contributed by atoms with Crippen molar-refractivity contribution >= 4 is 15.9 Å². The lowest BCUT2D eigenvalue weighted by Crippen LogP contribution is -2.25. The smallest absolute Gasteiger partial charge is 0.145 e. The Balaban J connectivity index is 2.25. The number of hydrogen-bond acceptors (Lipinski definition) is 3. The third-order valence-corrected chi connectivity index (χ3v) is 3.77. The molecule has 0 spiro atoms. The summed E-state index contributed by atoms with van der Waals surface area (Å²) in [5.74, 6) is 0.497. The Morgan fingerprint density at radius 1 is 1.30 bits per heavy atom. The van der Waals surface area contributed by atoms with Gasteiger partial charge in [0.2, 0.25) is 0 Å². The molecule has 1 N–H and O–H groups in total. The van der Waals surface area contributed by atoms with E-state index in [9.17, 15) is 4.39 Å². The fraction of sp³-hybridized carbons (Fsp3) is 0.333. The molecule has 20 heavy (non-hydrogen) atoms. The molecule has 0 aliphatic rings. The lowest BCUT2D eigenvalue weighted by atomic mass is 10.0. The van der Waals surface area contributed by atoms with E-state index in [1.807, 2.05) is 13.8 Å². The fourth-order valence-corrected chi connectivity index (χ4v) is 2.41. The molecule has 106 valence electrons. The summed E-state index contributed by atoms with van der Waals surface area (Å²) in [5.41, 5.74) is 1.93. The highest BCUT2D eigenvalue weighted by molar-refractivity contribution is 9.10. The normalized spacial score (nSPS) is 12.4. The molecular weight excluding hydrogens is 321 g/mol. The van der Waals surface area contributed by atoms with Gasteiger partial charge >= 0.3 is 0 Å². The summed E-state index contributed by atoms with van der Waals surface area (Å²) in [4.78, 5) is 8.73. The van der Waals surface area contributed by atoms with Gasteiger partial charge in [0.15, 0.2) is 0 Å². The predicted octanol–water partition coefficient (Wildman–Crippen LogP) is 3.58. The number of halogens is 2. The number of aromatic nitrogens is 2. The first-order valence-electron chi connectivity index (χ1n) is 6.56. The third-order valence-electron chi connectivity index (χ3n) is 2.99. The van der Waals surface area contributed by atoms with Crippen LogP contribution in [0.25, 0.3) is 0 Å². The second-order valence-corrected chi connectivity index (χ2v) is 5.52. The molecule has 1 aromatic heterocycles. The van der Waals surface area contributed by atoms with Gasteiger partial charge in [0.1, 0.15) is 11.6 Å². The van der Waals surface area contributed by atoms with Crippen LogP contribution >= 0.6 is 15.9 Å². The number of nitrogens with zero attached hydrogens (tertiary/aromatic N) is 2. The number of hydrogen-bond donors (Lipinski definition) is 1. The fourth-order valence-electron chi connectivity index (χ4n) is 2.00. The molecule has 1 atom stereocenters. The van der Waals surface area contributed by atoms with Crippen LogP contribution in [0.5, 0.6) is 0 Å². The summed E-state index contributed by atoms with van der Waals surface area (Å²) in [6, 6.07) is 4.68. The number of benzene rings is 1. The number of likely N-dealkylation sites (N-methyl/N-ethyl adjacent to an activating group) is 1. The molecule has 3 nitrogen and oxygen atoms in total. The van der Waals surface area contributed by atoms with Crippen LogP contribution in [0.15, 0.2) is 35.1 Å². The van der Waals surface area contributed by atoms with Gasteiger partial charge in [0, 0.05) is 16.9 Å². The van der Waals surface area contributed by atoms with E-state index in [0.29, 0.717) is 6.42 Å². The van der Waals surface area contributed by atoms with Crippen LogP contribution < -0.4 is 5.32 Å². The van der Waals surface area contributed by atoms with Gasteiger partial charge in [-0.15, -0.1) is 0 Å². The van der Waals surface area contributed by atoms with Crippen molar-refractivity contribution in [3.8, 4) is 0 Å². The lowest BCUT2D eigenvalue weighted by molar-refractivity contribution is 0.518. The minimum atomic E-state index is -0.233. The topological polar surface area (TPSA) is 37.8 Å². The van der Waals surface area contributed by atoms with Crippen LogP contribution in [0, 0.1) is 12.7 Å². The SMILES string of the molecule is CCNC(Cc1cc(F)ccc1Br)c1ncc(C)cn1. The Kier molecular flexibility index (Phi) is 5.20. The van der Waals surface area contributed by atoms with Crippen molar-refractivity contribution in [1.82, 2.24) is 15.3 Å². The number of nitrogens with one attached hydrogen (secondary N) is 1. The highest BCUT2D eigenvalue weighted by atomic mass is 79.9. The Bertz CT molecular complexity index is 572. The molecule has 0 amide bonds. The van der Waals surface area contributed by atoms with Gasteiger partial charge in [-0.3, -0.25) is 0 Å². The van der Waals surface area contributed by atoms with Crippen LogP contribution in [0.2, 0.25) is 0 Å². The monoisotopic (exact) mass is 337 g/mol. The molecular formula is C15H17BrFN3. The Labute approximate surface area is 126 Å². The summed E-state index contributed by atoms with van der Waals surface area (Å²) in [7, 11) is 0. The molecule has 1 unspecified atom stereocenters. The largest absolute Gasteiger partial charge is 0.307 e. The Hall–Kier alpha value is -1.33. The van der Waals surface area contributed by atoms with E-state index >= 15 is 0 Å². The van der Waals surface area contributed by atoms with Crippen molar-refractivity contribution < 1.29 is 4.39 Å². The summed E-state index contributed by atoms with van der Waals surface area (Å²) in [6.45, 7) is 4.78. The Morgan fingerprint density at radius 2 is 2.00 bits per heavy atom. The first kappa shape index (κ1) is 15.1. The van der Waals surface area contributed by atoms with E-state index in [1.54, 1.807) is 24.5 Å². The number of aryl methyl sites for hydroxylation is 1. The minimum absolute atomic E-state index is 0.0290. The van der Waals surface area contributed by atoms with Gasteiger partial charge in [-0.1, -0.05) is 22.9 Å². The van der Waals surface area contributed by atoms with Crippen molar-refractivity contribution in [2.24, 2.45) is 0 Å². The molecule has 0 saturated heterocycles. The van der Waals surface area contributed by atoms with Crippen LogP contribution in [0.1, 0.15) is 29.9 Å². The average Bonchev–Trinajstić information content (AvgIpc) is 2.43. The van der Waals surface area contributed by atoms with Crippen molar-refractivity contribution in [3.05, 3.63) is 57.8 Å². The van der Waals surface area contributed by atoms with Gasteiger partial charge < -0.3 is 5.32 Å². The molecule has 0 fully saturated rings. The van der Waals surface area contributed by atoms with Gasteiger partial charge in [-0.05, 0) is 49.2 Å². The zero-order valence-electron chi connectivity index (χ0n) is 11.5. The van der Waals surface area contributed by atoms with E-state index in [-0.39, 0.29) is 11.9 Å². The number of rotatable bonds is 5. The van der Waals surface area contributed by atoms with E-state index < -0.39 is 0 Å². The second-order valence-electron chi connectivity index (χ2n) is 4.67. The van der Waals surface area contributed by atoms with Crippen LogP contribution in [-0.2, 0) is 6.42 Å². The molecule has 0 saturated carbocycles. The predicted molar refractivity (Wildman–Crippen MR) is 81.0 cm³/mol.